The lowest BCUT2D eigenvalue weighted by molar-refractivity contribution is -0.142. The maximum Gasteiger partial charge on any atom is 0.310 e. The van der Waals surface area contributed by atoms with Gasteiger partial charge in [-0.05, 0) is 19.1 Å². The number of benzene rings is 2. The van der Waals surface area contributed by atoms with Crippen LogP contribution in [0.15, 0.2) is 48.5 Å². The molecule has 2 rings (SSSR count). The van der Waals surface area contributed by atoms with E-state index in [0.717, 1.165) is 5.56 Å². The summed E-state index contributed by atoms with van der Waals surface area (Å²) in [6.07, 6.45) is 0.140. The van der Waals surface area contributed by atoms with Crippen molar-refractivity contribution in [3.05, 3.63) is 65.5 Å². The Morgan fingerprint density at radius 2 is 1.71 bits per heavy atom. The van der Waals surface area contributed by atoms with Crippen LogP contribution < -0.4 is 4.74 Å². The molecule has 0 amide bonds. The number of rotatable bonds is 6. The van der Waals surface area contributed by atoms with Crippen LogP contribution in [0.1, 0.15) is 18.1 Å². The Balaban J connectivity index is 2.06. The average Bonchev–Trinajstić information content (AvgIpc) is 2.48. The normalized spacial score (nSPS) is 10.2. The van der Waals surface area contributed by atoms with Crippen LogP contribution >= 0.6 is 0 Å². The second-order valence-electron chi connectivity index (χ2n) is 4.47. The lowest BCUT2D eigenvalue weighted by Gasteiger charge is -2.11. The van der Waals surface area contributed by atoms with Crippen LogP contribution in [0.25, 0.3) is 0 Å². The van der Waals surface area contributed by atoms with Gasteiger partial charge in [0.05, 0.1) is 13.0 Å². The monoisotopic (exact) mass is 288 g/mol. The molecule has 0 atom stereocenters. The van der Waals surface area contributed by atoms with Crippen LogP contribution in [0.3, 0.4) is 0 Å². The van der Waals surface area contributed by atoms with Crippen LogP contribution in [0.5, 0.6) is 5.75 Å². The smallest absolute Gasteiger partial charge is 0.310 e. The molecule has 2 aromatic carbocycles. The third-order valence-electron chi connectivity index (χ3n) is 2.95. The minimum absolute atomic E-state index is 0.118. The molecule has 0 aromatic heterocycles. The summed E-state index contributed by atoms with van der Waals surface area (Å²) in [4.78, 5) is 11.6. The van der Waals surface area contributed by atoms with E-state index in [4.69, 9.17) is 9.47 Å². The molecule has 0 spiro atoms. The highest BCUT2D eigenvalue weighted by Gasteiger charge is 2.10. The SMILES string of the molecule is CCOC(=O)Cc1ccccc1OCc1ccccc1F. The number of halogens is 1. The second kappa shape index (κ2) is 7.43. The van der Waals surface area contributed by atoms with E-state index in [9.17, 15) is 9.18 Å². The van der Waals surface area contributed by atoms with Crippen molar-refractivity contribution in [2.75, 3.05) is 6.61 Å². The molecule has 0 bridgehead atoms. The van der Waals surface area contributed by atoms with Gasteiger partial charge < -0.3 is 9.47 Å². The summed E-state index contributed by atoms with van der Waals surface area (Å²) in [7, 11) is 0. The summed E-state index contributed by atoms with van der Waals surface area (Å²) in [5.74, 6) is -0.0476. The van der Waals surface area contributed by atoms with Crippen molar-refractivity contribution >= 4 is 5.97 Å². The lowest BCUT2D eigenvalue weighted by Crippen LogP contribution is -2.09. The minimum Gasteiger partial charge on any atom is -0.488 e. The van der Waals surface area contributed by atoms with Crippen molar-refractivity contribution in [3.8, 4) is 5.75 Å². The molecule has 21 heavy (non-hydrogen) atoms. The Hall–Kier alpha value is -2.36. The van der Waals surface area contributed by atoms with Crippen LogP contribution in [0, 0.1) is 5.82 Å². The van der Waals surface area contributed by atoms with Gasteiger partial charge in [-0.3, -0.25) is 4.79 Å². The van der Waals surface area contributed by atoms with Gasteiger partial charge in [-0.2, -0.15) is 0 Å². The highest BCUT2D eigenvalue weighted by molar-refractivity contribution is 5.73. The maximum absolute atomic E-state index is 13.5. The average molecular weight is 288 g/mol. The predicted molar refractivity (Wildman–Crippen MR) is 77.5 cm³/mol. The highest BCUT2D eigenvalue weighted by atomic mass is 19.1. The van der Waals surface area contributed by atoms with Crippen molar-refractivity contribution in [2.45, 2.75) is 20.0 Å². The van der Waals surface area contributed by atoms with Crippen molar-refractivity contribution in [3.63, 3.8) is 0 Å². The first kappa shape index (κ1) is 15.0. The Morgan fingerprint density at radius 3 is 2.43 bits per heavy atom. The molecule has 0 aliphatic heterocycles. The number of hydrogen-bond donors (Lipinski definition) is 0. The standard InChI is InChI=1S/C17H17FO3/c1-2-20-17(19)11-13-7-4-6-10-16(13)21-12-14-8-3-5-9-15(14)18/h3-10H,2,11-12H2,1H3. The molecular formula is C17H17FO3. The van der Waals surface area contributed by atoms with Crippen molar-refractivity contribution in [1.29, 1.82) is 0 Å². The van der Waals surface area contributed by atoms with Gasteiger partial charge in [0.25, 0.3) is 0 Å². The molecule has 0 aliphatic rings. The lowest BCUT2D eigenvalue weighted by atomic mass is 10.1. The van der Waals surface area contributed by atoms with Crippen LogP contribution in [-0.2, 0) is 22.6 Å². The van der Waals surface area contributed by atoms with E-state index in [1.54, 1.807) is 37.3 Å². The Kier molecular flexibility index (Phi) is 5.32. The van der Waals surface area contributed by atoms with Gasteiger partial charge in [-0.25, -0.2) is 4.39 Å². The fraction of sp³-hybridized carbons (Fsp3) is 0.235. The highest BCUT2D eigenvalue weighted by Crippen LogP contribution is 2.21. The van der Waals surface area contributed by atoms with Crippen molar-refractivity contribution in [1.82, 2.24) is 0 Å². The van der Waals surface area contributed by atoms with Gasteiger partial charge in [-0.1, -0.05) is 36.4 Å². The largest absolute Gasteiger partial charge is 0.488 e. The first-order valence-electron chi connectivity index (χ1n) is 6.80. The number of esters is 1. The summed E-state index contributed by atoms with van der Waals surface area (Å²) >= 11 is 0. The summed E-state index contributed by atoms with van der Waals surface area (Å²) in [5.41, 5.74) is 1.20. The van der Waals surface area contributed by atoms with E-state index in [2.05, 4.69) is 0 Å². The Morgan fingerprint density at radius 1 is 1.05 bits per heavy atom. The predicted octanol–water partition coefficient (Wildman–Crippen LogP) is 3.51. The number of hydrogen-bond acceptors (Lipinski definition) is 3. The molecule has 0 heterocycles. The van der Waals surface area contributed by atoms with E-state index >= 15 is 0 Å². The zero-order chi connectivity index (χ0) is 15.1. The van der Waals surface area contributed by atoms with Crippen LogP contribution in [0.4, 0.5) is 4.39 Å². The molecule has 110 valence electrons. The van der Waals surface area contributed by atoms with E-state index in [1.165, 1.54) is 6.07 Å². The summed E-state index contributed by atoms with van der Waals surface area (Å²) in [5, 5.41) is 0. The molecule has 0 aliphatic carbocycles. The topological polar surface area (TPSA) is 35.5 Å². The van der Waals surface area contributed by atoms with Gasteiger partial charge in [-0.15, -0.1) is 0 Å². The van der Waals surface area contributed by atoms with E-state index < -0.39 is 0 Å². The minimum atomic E-state index is -0.306. The van der Waals surface area contributed by atoms with E-state index in [-0.39, 0.29) is 24.8 Å². The van der Waals surface area contributed by atoms with E-state index in [1.807, 2.05) is 12.1 Å². The number of para-hydroxylation sites is 1. The zero-order valence-corrected chi connectivity index (χ0v) is 11.8. The van der Waals surface area contributed by atoms with Crippen LogP contribution in [0.2, 0.25) is 0 Å². The van der Waals surface area contributed by atoms with Gasteiger partial charge in [0.2, 0.25) is 0 Å². The van der Waals surface area contributed by atoms with E-state index in [0.29, 0.717) is 17.9 Å². The second-order valence-corrected chi connectivity index (χ2v) is 4.47. The van der Waals surface area contributed by atoms with Gasteiger partial charge in [0.1, 0.15) is 18.2 Å². The molecule has 3 nitrogen and oxygen atoms in total. The van der Waals surface area contributed by atoms with Gasteiger partial charge in [0.15, 0.2) is 0 Å². The Labute approximate surface area is 123 Å². The third-order valence-corrected chi connectivity index (χ3v) is 2.95. The van der Waals surface area contributed by atoms with Gasteiger partial charge >= 0.3 is 5.97 Å². The summed E-state index contributed by atoms with van der Waals surface area (Å²) in [6, 6.07) is 13.6. The quantitative estimate of drug-likeness (QED) is 0.763. The molecule has 0 saturated carbocycles. The fourth-order valence-corrected chi connectivity index (χ4v) is 1.93. The fourth-order valence-electron chi connectivity index (χ4n) is 1.93. The molecule has 2 aromatic rings. The molecular weight excluding hydrogens is 271 g/mol. The van der Waals surface area contributed by atoms with Crippen molar-refractivity contribution < 1.29 is 18.7 Å². The number of carbonyl (C=O) groups excluding carboxylic acids is 1. The molecule has 4 heteroatoms. The summed E-state index contributed by atoms with van der Waals surface area (Å²) < 4.78 is 24.1. The van der Waals surface area contributed by atoms with Crippen LogP contribution in [-0.4, -0.2) is 12.6 Å². The zero-order valence-electron chi connectivity index (χ0n) is 11.8. The molecule has 0 unspecified atom stereocenters. The molecule has 0 N–H and O–H groups in total. The van der Waals surface area contributed by atoms with Gasteiger partial charge in [0, 0.05) is 11.1 Å². The summed E-state index contributed by atoms with van der Waals surface area (Å²) in [6.45, 7) is 2.22. The maximum atomic E-state index is 13.5. The first-order valence-corrected chi connectivity index (χ1v) is 6.80. The third kappa shape index (κ3) is 4.31. The number of carbonyl (C=O) groups is 1. The molecule has 0 saturated heterocycles. The first-order chi connectivity index (χ1) is 10.2. The molecule has 0 fully saturated rings. The Bertz CT molecular complexity index is 610. The van der Waals surface area contributed by atoms with Crippen molar-refractivity contribution in [2.24, 2.45) is 0 Å². The number of ether oxygens (including phenoxy) is 2. The molecule has 0 radical (unpaired) electrons.